The van der Waals surface area contributed by atoms with E-state index in [2.05, 4.69) is 30.5 Å². The van der Waals surface area contributed by atoms with Crippen LogP contribution in [0.3, 0.4) is 0 Å². The van der Waals surface area contributed by atoms with E-state index in [9.17, 15) is 4.79 Å². The standard InChI is InChI=1S/C20H17N7O/c1-20(2,11-21)27-19(28)16-5-3-4-15(25-16)13-6-12-7-17(14-9-23-24-10-14)26-18(12)22-8-13/h3-10H,1-2H3,(H,22,26)(H,23,24)(H,27,28). The van der Waals surface area contributed by atoms with Gasteiger partial charge < -0.3 is 10.3 Å². The molecule has 0 atom stereocenters. The molecule has 138 valence electrons. The SMILES string of the molecule is CC(C)(C#N)NC(=O)c1cccc(-c2cnc3[nH]c(-c4cn[nH]c4)cc3c2)n1. The minimum absolute atomic E-state index is 0.245. The molecule has 28 heavy (non-hydrogen) atoms. The first-order chi connectivity index (χ1) is 13.4. The smallest absolute Gasteiger partial charge is 0.271 e. The number of H-pyrrole nitrogens is 2. The van der Waals surface area contributed by atoms with Crippen molar-refractivity contribution >= 4 is 16.9 Å². The molecule has 0 aromatic carbocycles. The Labute approximate surface area is 160 Å². The van der Waals surface area contributed by atoms with E-state index in [1.807, 2.05) is 24.3 Å². The fourth-order valence-corrected chi connectivity index (χ4v) is 2.81. The maximum Gasteiger partial charge on any atom is 0.271 e. The zero-order chi connectivity index (χ0) is 19.7. The number of hydrogen-bond acceptors (Lipinski definition) is 5. The summed E-state index contributed by atoms with van der Waals surface area (Å²) in [6.07, 6.45) is 5.25. The van der Waals surface area contributed by atoms with Crippen molar-refractivity contribution in [2.75, 3.05) is 0 Å². The Hall–Kier alpha value is -3.99. The number of amides is 1. The number of rotatable bonds is 4. The summed E-state index contributed by atoms with van der Waals surface area (Å²) in [6.45, 7) is 3.27. The Balaban J connectivity index is 1.66. The van der Waals surface area contributed by atoms with Crippen molar-refractivity contribution in [2.45, 2.75) is 19.4 Å². The minimum atomic E-state index is -0.968. The molecular weight excluding hydrogens is 354 g/mol. The Morgan fingerprint density at radius 2 is 2.07 bits per heavy atom. The third kappa shape index (κ3) is 3.33. The molecule has 4 aromatic rings. The Morgan fingerprint density at radius 3 is 2.82 bits per heavy atom. The van der Waals surface area contributed by atoms with Crippen molar-refractivity contribution in [3.63, 3.8) is 0 Å². The molecule has 0 aliphatic rings. The van der Waals surface area contributed by atoms with Crippen LogP contribution in [-0.2, 0) is 0 Å². The molecule has 8 nitrogen and oxygen atoms in total. The fraction of sp³-hybridized carbons (Fsp3) is 0.150. The Morgan fingerprint density at radius 1 is 1.21 bits per heavy atom. The summed E-state index contributed by atoms with van der Waals surface area (Å²) in [5, 5.41) is 19.4. The summed E-state index contributed by atoms with van der Waals surface area (Å²) in [7, 11) is 0. The van der Waals surface area contributed by atoms with Gasteiger partial charge in [0, 0.05) is 28.9 Å². The molecule has 4 aromatic heterocycles. The van der Waals surface area contributed by atoms with Crippen molar-refractivity contribution < 1.29 is 4.79 Å². The highest BCUT2D eigenvalue weighted by Gasteiger charge is 2.21. The van der Waals surface area contributed by atoms with Crippen LogP contribution >= 0.6 is 0 Å². The number of fused-ring (bicyclic) bond motifs is 1. The maximum absolute atomic E-state index is 12.4. The molecule has 0 aliphatic heterocycles. The lowest BCUT2D eigenvalue weighted by Gasteiger charge is -2.17. The molecule has 0 saturated carbocycles. The molecule has 0 aliphatic carbocycles. The summed E-state index contributed by atoms with van der Waals surface area (Å²) in [5.41, 5.74) is 3.30. The van der Waals surface area contributed by atoms with E-state index >= 15 is 0 Å². The highest BCUT2D eigenvalue weighted by Crippen LogP contribution is 2.26. The number of aromatic nitrogens is 5. The molecule has 0 saturated heterocycles. The zero-order valence-electron chi connectivity index (χ0n) is 15.3. The van der Waals surface area contributed by atoms with E-state index in [0.29, 0.717) is 5.69 Å². The Kier molecular flexibility index (Phi) is 4.12. The average Bonchev–Trinajstić information content (AvgIpc) is 3.36. The third-order valence-electron chi connectivity index (χ3n) is 4.26. The summed E-state index contributed by atoms with van der Waals surface area (Å²) < 4.78 is 0. The van der Waals surface area contributed by atoms with E-state index in [1.54, 1.807) is 44.6 Å². The summed E-state index contributed by atoms with van der Waals surface area (Å²) >= 11 is 0. The molecule has 8 heteroatoms. The Bertz CT molecular complexity index is 1200. The lowest BCUT2D eigenvalue weighted by Crippen LogP contribution is -2.42. The van der Waals surface area contributed by atoms with Gasteiger partial charge in [0.25, 0.3) is 5.91 Å². The summed E-state index contributed by atoms with van der Waals surface area (Å²) in [5.74, 6) is -0.397. The van der Waals surface area contributed by atoms with Crippen LogP contribution in [0.4, 0.5) is 0 Å². The van der Waals surface area contributed by atoms with Crippen LogP contribution < -0.4 is 5.32 Å². The average molecular weight is 371 g/mol. The molecule has 0 unspecified atom stereocenters. The van der Waals surface area contributed by atoms with Crippen LogP contribution in [0.1, 0.15) is 24.3 Å². The largest absolute Gasteiger partial charge is 0.339 e. The van der Waals surface area contributed by atoms with Gasteiger partial charge in [0.05, 0.1) is 23.7 Å². The number of nitrogens with one attached hydrogen (secondary N) is 3. The van der Waals surface area contributed by atoms with Crippen LogP contribution in [0.5, 0.6) is 0 Å². The van der Waals surface area contributed by atoms with Gasteiger partial charge in [-0.1, -0.05) is 6.07 Å². The third-order valence-corrected chi connectivity index (χ3v) is 4.26. The van der Waals surface area contributed by atoms with Crippen LogP contribution in [0, 0.1) is 11.3 Å². The van der Waals surface area contributed by atoms with Crippen LogP contribution in [0.2, 0.25) is 0 Å². The van der Waals surface area contributed by atoms with Crippen LogP contribution in [-0.4, -0.2) is 36.6 Å². The lowest BCUT2D eigenvalue weighted by molar-refractivity contribution is 0.0924. The number of nitriles is 1. The maximum atomic E-state index is 12.4. The van der Waals surface area contributed by atoms with Gasteiger partial charge in [0.2, 0.25) is 0 Å². The fourth-order valence-electron chi connectivity index (χ4n) is 2.81. The van der Waals surface area contributed by atoms with E-state index in [0.717, 1.165) is 27.9 Å². The first-order valence-electron chi connectivity index (χ1n) is 8.64. The monoisotopic (exact) mass is 371 g/mol. The van der Waals surface area contributed by atoms with E-state index in [4.69, 9.17) is 5.26 Å². The van der Waals surface area contributed by atoms with Crippen molar-refractivity contribution in [3.8, 4) is 28.6 Å². The quantitative estimate of drug-likeness (QED) is 0.509. The highest BCUT2D eigenvalue weighted by atomic mass is 16.2. The number of carbonyl (C=O) groups excluding carboxylic acids is 1. The van der Waals surface area contributed by atoms with E-state index < -0.39 is 11.4 Å². The minimum Gasteiger partial charge on any atom is -0.339 e. The highest BCUT2D eigenvalue weighted by molar-refractivity contribution is 5.94. The zero-order valence-corrected chi connectivity index (χ0v) is 15.3. The normalized spacial score (nSPS) is 11.3. The molecule has 4 heterocycles. The van der Waals surface area contributed by atoms with Crippen LogP contribution in [0.25, 0.3) is 33.5 Å². The molecule has 3 N–H and O–H groups in total. The number of hydrogen-bond donors (Lipinski definition) is 3. The predicted molar refractivity (Wildman–Crippen MR) is 104 cm³/mol. The van der Waals surface area contributed by atoms with Gasteiger partial charge >= 0.3 is 0 Å². The van der Waals surface area contributed by atoms with Crippen molar-refractivity contribution in [1.29, 1.82) is 5.26 Å². The number of nitrogens with zero attached hydrogens (tertiary/aromatic N) is 4. The molecule has 0 spiro atoms. The van der Waals surface area contributed by atoms with Crippen molar-refractivity contribution in [3.05, 3.63) is 54.6 Å². The van der Waals surface area contributed by atoms with E-state index in [-0.39, 0.29) is 5.69 Å². The second-order valence-electron chi connectivity index (χ2n) is 6.93. The lowest BCUT2D eigenvalue weighted by atomic mass is 10.1. The first-order valence-corrected chi connectivity index (χ1v) is 8.64. The van der Waals surface area contributed by atoms with Gasteiger partial charge in [-0.2, -0.15) is 10.4 Å². The van der Waals surface area contributed by atoms with Crippen molar-refractivity contribution in [2.24, 2.45) is 0 Å². The van der Waals surface area contributed by atoms with Gasteiger partial charge in [-0.15, -0.1) is 0 Å². The van der Waals surface area contributed by atoms with Gasteiger partial charge in [-0.05, 0) is 38.1 Å². The summed E-state index contributed by atoms with van der Waals surface area (Å²) in [4.78, 5) is 24.6. The molecular formula is C20H17N7O. The second-order valence-corrected chi connectivity index (χ2v) is 6.93. The molecule has 1 amide bonds. The summed E-state index contributed by atoms with van der Waals surface area (Å²) in [6, 6.07) is 11.2. The second kappa shape index (κ2) is 6.63. The van der Waals surface area contributed by atoms with Gasteiger partial charge in [0.15, 0.2) is 0 Å². The van der Waals surface area contributed by atoms with Gasteiger partial charge in [0.1, 0.15) is 16.9 Å². The topological polar surface area (TPSA) is 123 Å². The van der Waals surface area contributed by atoms with Gasteiger partial charge in [-0.25, -0.2) is 9.97 Å². The molecule has 4 rings (SSSR count). The molecule has 0 bridgehead atoms. The number of pyridine rings is 2. The molecule has 0 radical (unpaired) electrons. The van der Waals surface area contributed by atoms with E-state index in [1.165, 1.54) is 0 Å². The van der Waals surface area contributed by atoms with Crippen molar-refractivity contribution in [1.82, 2.24) is 30.5 Å². The molecule has 0 fully saturated rings. The number of aromatic amines is 2. The first kappa shape index (κ1) is 17.4. The van der Waals surface area contributed by atoms with Crippen LogP contribution in [0.15, 0.2) is 48.9 Å². The number of carbonyl (C=O) groups is 1. The van der Waals surface area contributed by atoms with Gasteiger partial charge in [-0.3, -0.25) is 9.89 Å². The predicted octanol–water partition coefficient (Wildman–Crippen LogP) is 3.05.